The number of methoxy groups -OCH3 is 1. The van der Waals surface area contributed by atoms with E-state index < -0.39 is 38.7 Å². The number of ether oxygens (including phenoxy) is 1. The molecule has 0 aliphatic rings. The van der Waals surface area contributed by atoms with Crippen molar-refractivity contribution >= 4 is 21.8 Å². The van der Waals surface area contributed by atoms with Crippen molar-refractivity contribution < 1.29 is 27.9 Å². The number of carbonyl (C=O) groups excluding carboxylic acids is 1. The molecule has 0 aromatic heterocycles. The Balaban J connectivity index is 4.55. The van der Waals surface area contributed by atoms with Crippen LogP contribution in [0.2, 0.25) is 0 Å². The number of carboxylic acids is 1. The minimum Gasteiger partial charge on any atom is -0.481 e. The molecule has 0 saturated heterocycles. The molecule has 0 aromatic carbocycles. The zero-order valence-electron chi connectivity index (χ0n) is 9.47. The lowest BCUT2D eigenvalue weighted by atomic mass is 10.1. The number of aliphatic carboxylic acids is 1. The van der Waals surface area contributed by atoms with Crippen molar-refractivity contribution in [2.24, 2.45) is 5.92 Å². The largest absolute Gasteiger partial charge is 0.481 e. The molecule has 6 nitrogen and oxygen atoms in total. The van der Waals surface area contributed by atoms with E-state index in [0.29, 0.717) is 0 Å². The molecule has 0 fully saturated rings. The first-order valence-corrected chi connectivity index (χ1v) is 6.45. The van der Waals surface area contributed by atoms with E-state index in [1.165, 1.54) is 13.8 Å². The SMILES string of the molecule is COC(=O)CCS(=O)(=O)C(C)C(C)C(=O)O. The lowest BCUT2D eigenvalue weighted by Crippen LogP contribution is -2.32. The molecule has 1 N–H and O–H groups in total. The summed E-state index contributed by atoms with van der Waals surface area (Å²) < 4.78 is 27.6. The number of hydrogen-bond donors (Lipinski definition) is 1. The van der Waals surface area contributed by atoms with Gasteiger partial charge >= 0.3 is 11.9 Å². The average Bonchev–Trinajstić information content (AvgIpc) is 2.23. The predicted molar refractivity (Wildman–Crippen MR) is 56.7 cm³/mol. The van der Waals surface area contributed by atoms with Crippen LogP contribution < -0.4 is 0 Å². The van der Waals surface area contributed by atoms with E-state index in [2.05, 4.69) is 4.74 Å². The number of rotatable bonds is 6. The molecular formula is C9H16O6S. The van der Waals surface area contributed by atoms with Crippen molar-refractivity contribution in [3.63, 3.8) is 0 Å². The van der Waals surface area contributed by atoms with Crippen LogP contribution in [0.25, 0.3) is 0 Å². The monoisotopic (exact) mass is 252 g/mol. The van der Waals surface area contributed by atoms with Crippen LogP contribution in [0.4, 0.5) is 0 Å². The normalized spacial score (nSPS) is 15.2. The first-order chi connectivity index (χ1) is 7.22. The van der Waals surface area contributed by atoms with Crippen molar-refractivity contribution in [2.45, 2.75) is 25.5 Å². The van der Waals surface area contributed by atoms with Gasteiger partial charge in [0.25, 0.3) is 0 Å². The van der Waals surface area contributed by atoms with Gasteiger partial charge in [0.05, 0.1) is 30.5 Å². The molecule has 0 spiro atoms. The molecular weight excluding hydrogens is 236 g/mol. The molecule has 0 saturated carbocycles. The Labute approximate surface area is 94.5 Å². The molecule has 0 aliphatic heterocycles. The summed E-state index contributed by atoms with van der Waals surface area (Å²) in [5.41, 5.74) is 0. The van der Waals surface area contributed by atoms with E-state index in [1.54, 1.807) is 0 Å². The Morgan fingerprint density at radius 1 is 1.31 bits per heavy atom. The summed E-state index contributed by atoms with van der Waals surface area (Å²) in [7, 11) is -2.43. The van der Waals surface area contributed by atoms with Crippen LogP contribution in [0.3, 0.4) is 0 Å². The van der Waals surface area contributed by atoms with Gasteiger partial charge in [-0.3, -0.25) is 9.59 Å². The molecule has 2 unspecified atom stereocenters. The van der Waals surface area contributed by atoms with Crippen LogP contribution in [0.5, 0.6) is 0 Å². The van der Waals surface area contributed by atoms with Crippen LogP contribution in [0, 0.1) is 5.92 Å². The number of carboxylic acid groups (broad SMARTS) is 1. The van der Waals surface area contributed by atoms with Gasteiger partial charge in [0.1, 0.15) is 0 Å². The summed E-state index contributed by atoms with van der Waals surface area (Å²) in [5, 5.41) is 7.66. The Hall–Kier alpha value is -1.11. The van der Waals surface area contributed by atoms with Crippen LogP contribution in [0.1, 0.15) is 20.3 Å². The van der Waals surface area contributed by atoms with E-state index in [4.69, 9.17) is 5.11 Å². The van der Waals surface area contributed by atoms with E-state index in [1.807, 2.05) is 0 Å². The highest BCUT2D eigenvalue weighted by Crippen LogP contribution is 2.14. The quantitative estimate of drug-likeness (QED) is 0.672. The van der Waals surface area contributed by atoms with Crippen LogP contribution in [-0.2, 0) is 24.2 Å². The molecule has 2 atom stereocenters. The van der Waals surface area contributed by atoms with Gasteiger partial charge in [-0.2, -0.15) is 0 Å². The molecule has 0 radical (unpaired) electrons. The summed E-state index contributed by atoms with van der Waals surface area (Å²) in [6.45, 7) is 2.65. The second kappa shape index (κ2) is 5.83. The van der Waals surface area contributed by atoms with Gasteiger partial charge in [-0.1, -0.05) is 6.92 Å². The fraction of sp³-hybridized carbons (Fsp3) is 0.778. The Kier molecular flexibility index (Phi) is 5.43. The van der Waals surface area contributed by atoms with Gasteiger partial charge < -0.3 is 9.84 Å². The zero-order chi connectivity index (χ0) is 12.9. The lowest BCUT2D eigenvalue weighted by molar-refractivity contribution is -0.141. The number of esters is 1. The maximum atomic E-state index is 11.6. The smallest absolute Gasteiger partial charge is 0.307 e. The van der Waals surface area contributed by atoms with Gasteiger partial charge in [0.15, 0.2) is 9.84 Å². The molecule has 0 bridgehead atoms. The highest BCUT2D eigenvalue weighted by atomic mass is 32.2. The van der Waals surface area contributed by atoms with Gasteiger partial charge in [0, 0.05) is 0 Å². The summed E-state index contributed by atoms with van der Waals surface area (Å²) in [6, 6.07) is 0. The highest BCUT2D eigenvalue weighted by molar-refractivity contribution is 7.92. The lowest BCUT2D eigenvalue weighted by Gasteiger charge is -2.16. The predicted octanol–water partition coefficient (Wildman–Crippen LogP) is 0.0735. The maximum Gasteiger partial charge on any atom is 0.307 e. The van der Waals surface area contributed by atoms with Crippen molar-refractivity contribution in [3.8, 4) is 0 Å². The number of carbonyl (C=O) groups is 2. The third kappa shape index (κ3) is 4.18. The molecule has 0 aliphatic carbocycles. The molecule has 7 heteroatoms. The molecule has 16 heavy (non-hydrogen) atoms. The molecule has 94 valence electrons. The van der Waals surface area contributed by atoms with E-state index >= 15 is 0 Å². The summed E-state index contributed by atoms with van der Waals surface area (Å²) >= 11 is 0. The topological polar surface area (TPSA) is 97.7 Å². The highest BCUT2D eigenvalue weighted by Gasteiger charge is 2.31. The van der Waals surface area contributed by atoms with Gasteiger partial charge in [-0.25, -0.2) is 8.42 Å². The Morgan fingerprint density at radius 2 is 1.81 bits per heavy atom. The van der Waals surface area contributed by atoms with Crippen molar-refractivity contribution in [1.29, 1.82) is 0 Å². The fourth-order valence-electron chi connectivity index (χ4n) is 1.03. The third-order valence-corrected chi connectivity index (χ3v) is 4.79. The zero-order valence-corrected chi connectivity index (χ0v) is 10.3. The van der Waals surface area contributed by atoms with Gasteiger partial charge in [0.2, 0.25) is 0 Å². The first kappa shape index (κ1) is 14.9. The van der Waals surface area contributed by atoms with Gasteiger partial charge in [-0.15, -0.1) is 0 Å². The van der Waals surface area contributed by atoms with Crippen LogP contribution in [0.15, 0.2) is 0 Å². The molecule has 0 amide bonds. The Morgan fingerprint density at radius 3 is 2.19 bits per heavy atom. The van der Waals surface area contributed by atoms with Crippen LogP contribution in [-0.4, -0.2) is 43.6 Å². The van der Waals surface area contributed by atoms with E-state index in [9.17, 15) is 18.0 Å². The van der Waals surface area contributed by atoms with Crippen molar-refractivity contribution in [2.75, 3.05) is 12.9 Å². The summed E-state index contributed by atoms with van der Waals surface area (Å²) in [4.78, 5) is 21.4. The van der Waals surface area contributed by atoms with Gasteiger partial charge in [-0.05, 0) is 6.92 Å². The number of sulfone groups is 1. The summed E-state index contributed by atoms with van der Waals surface area (Å²) in [6.07, 6.45) is -0.254. The van der Waals surface area contributed by atoms with Crippen molar-refractivity contribution in [3.05, 3.63) is 0 Å². The second-order valence-electron chi connectivity index (χ2n) is 3.53. The second-order valence-corrected chi connectivity index (χ2v) is 6.00. The summed E-state index contributed by atoms with van der Waals surface area (Å²) in [5.74, 6) is -3.19. The standard InChI is InChI=1S/C9H16O6S/c1-6(9(11)12)7(2)16(13,14)5-4-8(10)15-3/h6-7H,4-5H2,1-3H3,(H,11,12). The number of hydrogen-bond acceptors (Lipinski definition) is 5. The van der Waals surface area contributed by atoms with E-state index in [-0.39, 0.29) is 6.42 Å². The minimum absolute atomic E-state index is 0.254. The maximum absolute atomic E-state index is 11.6. The molecule has 0 heterocycles. The fourth-order valence-corrected chi connectivity index (χ4v) is 2.59. The first-order valence-electron chi connectivity index (χ1n) is 4.73. The van der Waals surface area contributed by atoms with Crippen molar-refractivity contribution in [1.82, 2.24) is 0 Å². The van der Waals surface area contributed by atoms with E-state index in [0.717, 1.165) is 7.11 Å². The minimum atomic E-state index is -3.59. The Bertz CT molecular complexity index is 358. The molecule has 0 rings (SSSR count). The third-order valence-electron chi connectivity index (χ3n) is 2.48. The molecule has 0 aromatic rings. The van der Waals surface area contributed by atoms with Crippen LogP contribution >= 0.6 is 0 Å². The average molecular weight is 252 g/mol.